The van der Waals surface area contributed by atoms with Crippen LogP contribution >= 0.6 is 0 Å². The molecule has 133 valence electrons. The van der Waals surface area contributed by atoms with Crippen LogP contribution in [-0.4, -0.2) is 45.4 Å². The Morgan fingerprint density at radius 1 is 1.36 bits per heavy atom. The number of fused-ring (bicyclic) bond motifs is 1. The number of aromatic nitrogens is 1. The summed E-state index contributed by atoms with van der Waals surface area (Å²) >= 11 is 0. The van der Waals surface area contributed by atoms with Crippen molar-refractivity contribution in [2.45, 2.75) is 39.3 Å². The molecule has 0 saturated carbocycles. The second kappa shape index (κ2) is 6.26. The van der Waals surface area contributed by atoms with Gasteiger partial charge in [0.25, 0.3) is 0 Å². The van der Waals surface area contributed by atoms with Crippen LogP contribution < -0.4 is 0 Å². The summed E-state index contributed by atoms with van der Waals surface area (Å²) in [4.78, 5) is 29.9. The summed E-state index contributed by atoms with van der Waals surface area (Å²) in [6.07, 6.45) is 2.58. The zero-order valence-corrected chi connectivity index (χ0v) is 14.5. The Labute approximate surface area is 145 Å². The predicted molar refractivity (Wildman–Crippen MR) is 92.5 cm³/mol. The van der Waals surface area contributed by atoms with E-state index in [1.807, 2.05) is 20.8 Å². The third-order valence-electron chi connectivity index (χ3n) is 4.33. The number of hydrogen-bond donors (Lipinski definition) is 2. The number of nitrogens with zero attached hydrogens (tertiary/aromatic N) is 1. The van der Waals surface area contributed by atoms with E-state index in [4.69, 9.17) is 0 Å². The fraction of sp³-hybridized carbons (Fsp3) is 0.421. The normalized spacial score (nSPS) is 21.1. The molecule has 1 aliphatic rings. The van der Waals surface area contributed by atoms with Crippen LogP contribution in [0, 0.1) is 17.7 Å². The van der Waals surface area contributed by atoms with Gasteiger partial charge in [0, 0.05) is 35.6 Å². The molecule has 6 heteroatoms. The quantitative estimate of drug-likeness (QED) is 0.840. The van der Waals surface area contributed by atoms with Crippen molar-refractivity contribution in [2.24, 2.45) is 5.41 Å². The molecular formula is C19H22FN2O3. The number of ketones is 1. The minimum absolute atomic E-state index is 0.138. The van der Waals surface area contributed by atoms with E-state index in [-0.39, 0.29) is 35.9 Å². The van der Waals surface area contributed by atoms with E-state index in [9.17, 15) is 19.1 Å². The molecule has 25 heavy (non-hydrogen) atoms. The van der Waals surface area contributed by atoms with E-state index >= 15 is 0 Å². The summed E-state index contributed by atoms with van der Waals surface area (Å²) in [5.41, 5.74) is 0.611. The van der Waals surface area contributed by atoms with E-state index in [0.29, 0.717) is 16.5 Å². The number of rotatable bonds is 3. The highest BCUT2D eigenvalue weighted by molar-refractivity contribution is 6.11. The number of likely N-dealkylation sites (tertiary alicyclic amines) is 1. The van der Waals surface area contributed by atoms with Gasteiger partial charge >= 0.3 is 0 Å². The number of amides is 1. The molecule has 2 heterocycles. The molecule has 1 aromatic carbocycles. The average Bonchev–Trinajstić information content (AvgIpc) is 3.08. The molecule has 0 aliphatic carbocycles. The second-order valence-corrected chi connectivity index (χ2v) is 7.66. The highest BCUT2D eigenvalue weighted by atomic mass is 19.1. The smallest absolute Gasteiger partial charge is 0.227 e. The summed E-state index contributed by atoms with van der Waals surface area (Å²) in [5.74, 6) is -0.889. The van der Waals surface area contributed by atoms with Gasteiger partial charge in [-0.25, -0.2) is 4.39 Å². The Kier molecular flexibility index (Phi) is 4.41. The molecule has 2 atom stereocenters. The van der Waals surface area contributed by atoms with Crippen LogP contribution in [0.4, 0.5) is 4.39 Å². The van der Waals surface area contributed by atoms with Crippen molar-refractivity contribution in [1.29, 1.82) is 0 Å². The minimum atomic E-state index is -0.728. The first-order valence-electron chi connectivity index (χ1n) is 8.31. The van der Waals surface area contributed by atoms with Crippen LogP contribution in [0.25, 0.3) is 10.9 Å². The Bertz CT molecular complexity index is 822. The lowest BCUT2D eigenvalue weighted by Gasteiger charge is -2.26. The van der Waals surface area contributed by atoms with E-state index in [1.54, 1.807) is 12.5 Å². The summed E-state index contributed by atoms with van der Waals surface area (Å²) in [7, 11) is 0. The standard InChI is InChI=1S/C19H22FN2O3/c1-19(2,3)8-17(24)22-10-12(23)7-16(22)18(25)14-9-21-15-6-11(20)4-5-13(14)15/h4-6,8-9,12,16,21,23H,7,10H2,1-3H3. The van der Waals surface area contributed by atoms with E-state index in [1.165, 1.54) is 23.2 Å². The number of H-pyrrole nitrogens is 1. The van der Waals surface area contributed by atoms with Crippen LogP contribution in [0.5, 0.6) is 0 Å². The van der Waals surface area contributed by atoms with Gasteiger partial charge in [0.2, 0.25) is 5.91 Å². The van der Waals surface area contributed by atoms with Crippen molar-refractivity contribution < 1.29 is 19.1 Å². The summed E-state index contributed by atoms with van der Waals surface area (Å²) in [5, 5.41) is 10.6. The van der Waals surface area contributed by atoms with Gasteiger partial charge < -0.3 is 15.0 Å². The fourth-order valence-electron chi connectivity index (χ4n) is 3.24. The molecule has 1 aromatic heterocycles. The number of benzene rings is 1. The maximum Gasteiger partial charge on any atom is 0.227 e. The van der Waals surface area contributed by atoms with Crippen LogP contribution in [0.1, 0.15) is 37.6 Å². The second-order valence-electron chi connectivity index (χ2n) is 7.66. The third kappa shape index (κ3) is 3.58. The molecule has 1 saturated heterocycles. The van der Waals surface area contributed by atoms with Gasteiger partial charge in [-0.1, -0.05) is 20.8 Å². The fourth-order valence-corrected chi connectivity index (χ4v) is 3.24. The van der Waals surface area contributed by atoms with Crippen molar-refractivity contribution in [2.75, 3.05) is 6.54 Å². The summed E-state index contributed by atoms with van der Waals surface area (Å²) in [6.45, 7) is 5.85. The van der Waals surface area contributed by atoms with Gasteiger partial charge in [-0.3, -0.25) is 9.59 Å². The van der Waals surface area contributed by atoms with Crippen molar-refractivity contribution in [1.82, 2.24) is 9.88 Å². The topological polar surface area (TPSA) is 73.4 Å². The minimum Gasteiger partial charge on any atom is -0.391 e. The SMILES string of the molecule is CC(C)(C)[CH]C(=O)N1CC(O)CC1C(=O)c1c[nH]c2cc(F)ccc12. The number of nitrogens with one attached hydrogen (secondary N) is 1. The third-order valence-corrected chi connectivity index (χ3v) is 4.33. The first-order valence-corrected chi connectivity index (χ1v) is 8.31. The van der Waals surface area contributed by atoms with E-state index in [2.05, 4.69) is 4.98 Å². The molecule has 1 radical (unpaired) electrons. The van der Waals surface area contributed by atoms with Crippen molar-refractivity contribution in [3.8, 4) is 0 Å². The van der Waals surface area contributed by atoms with E-state index < -0.39 is 12.1 Å². The molecular weight excluding hydrogens is 323 g/mol. The zero-order chi connectivity index (χ0) is 18.4. The molecule has 0 spiro atoms. The van der Waals surface area contributed by atoms with Crippen LogP contribution in [0.3, 0.4) is 0 Å². The van der Waals surface area contributed by atoms with Gasteiger partial charge in [0.1, 0.15) is 5.82 Å². The maximum absolute atomic E-state index is 13.3. The lowest BCUT2D eigenvalue weighted by molar-refractivity contribution is -0.129. The van der Waals surface area contributed by atoms with Gasteiger partial charge in [0.05, 0.1) is 18.6 Å². The number of carbonyl (C=O) groups excluding carboxylic acids is 2. The average molecular weight is 345 g/mol. The monoisotopic (exact) mass is 345 g/mol. The molecule has 5 nitrogen and oxygen atoms in total. The first kappa shape index (κ1) is 17.6. The lowest BCUT2D eigenvalue weighted by Crippen LogP contribution is -2.42. The number of halogens is 1. The molecule has 3 rings (SSSR count). The van der Waals surface area contributed by atoms with Gasteiger partial charge in [-0.05, 0) is 23.6 Å². The largest absolute Gasteiger partial charge is 0.391 e. The van der Waals surface area contributed by atoms with Crippen molar-refractivity contribution in [3.63, 3.8) is 0 Å². The van der Waals surface area contributed by atoms with Crippen LogP contribution in [0.15, 0.2) is 24.4 Å². The zero-order valence-electron chi connectivity index (χ0n) is 14.5. The number of β-amino-alcohol motifs (C(OH)–C–C–N with tert-alkyl or cyclic N) is 1. The maximum atomic E-state index is 13.3. The molecule has 1 amide bonds. The number of carbonyl (C=O) groups is 2. The number of aliphatic hydroxyl groups excluding tert-OH is 1. The number of aliphatic hydroxyl groups is 1. The predicted octanol–water partition coefficient (Wildman–Crippen LogP) is 2.70. The first-order chi connectivity index (χ1) is 11.7. The molecule has 1 aliphatic heterocycles. The van der Waals surface area contributed by atoms with Crippen molar-refractivity contribution in [3.05, 3.63) is 42.2 Å². The van der Waals surface area contributed by atoms with Gasteiger partial charge in [-0.15, -0.1) is 0 Å². The lowest BCUT2D eigenvalue weighted by atomic mass is 9.91. The van der Waals surface area contributed by atoms with Gasteiger partial charge in [-0.2, -0.15) is 0 Å². The highest BCUT2D eigenvalue weighted by Crippen LogP contribution is 2.28. The van der Waals surface area contributed by atoms with Gasteiger partial charge in [0.15, 0.2) is 5.78 Å². The molecule has 2 unspecified atom stereocenters. The molecule has 2 N–H and O–H groups in total. The number of aromatic amines is 1. The Balaban J connectivity index is 1.89. The Hall–Kier alpha value is -2.21. The van der Waals surface area contributed by atoms with Crippen LogP contribution in [-0.2, 0) is 4.79 Å². The van der Waals surface area contributed by atoms with E-state index in [0.717, 1.165) is 0 Å². The summed E-state index contributed by atoms with van der Waals surface area (Å²) in [6, 6.07) is 3.46. The Morgan fingerprint density at radius 2 is 2.08 bits per heavy atom. The summed E-state index contributed by atoms with van der Waals surface area (Å²) < 4.78 is 13.3. The molecule has 2 aromatic rings. The Morgan fingerprint density at radius 3 is 2.76 bits per heavy atom. The highest BCUT2D eigenvalue weighted by Gasteiger charge is 2.40. The van der Waals surface area contributed by atoms with Crippen molar-refractivity contribution >= 4 is 22.6 Å². The number of Topliss-reactive ketones (excluding diaryl/α,β-unsaturated/α-hetero) is 1. The molecule has 0 bridgehead atoms. The molecule has 1 fully saturated rings. The van der Waals surface area contributed by atoms with Crippen LogP contribution in [0.2, 0.25) is 0 Å². The number of hydrogen-bond acceptors (Lipinski definition) is 3.